The molecule has 0 aliphatic carbocycles. The average Bonchev–Trinajstić information content (AvgIpc) is 3.29. The predicted molar refractivity (Wildman–Crippen MR) is 128 cm³/mol. The van der Waals surface area contributed by atoms with Gasteiger partial charge in [0.25, 0.3) is 5.91 Å². The van der Waals surface area contributed by atoms with Gasteiger partial charge in [0.1, 0.15) is 24.6 Å². The van der Waals surface area contributed by atoms with Crippen molar-refractivity contribution in [3.8, 4) is 11.1 Å². The Kier molecular flexibility index (Phi) is 3.77. The van der Waals surface area contributed by atoms with Crippen LogP contribution < -0.4 is 5.30 Å². The van der Waals surface area contributed by atoms with Crippen molar-refractivity contribution in [2.45, 2.75) is 18.5 Å². The van der Waals surface area contributed by atoms with Gasteiger partial charge >= 0.3 is 0 Å². The highest BCUT2D eigenvalue weighted by Gasteiger charge is 2.44. The van der Waals surface area contributed by atoms with Gasteiger partial charge in [-0.3, -0.25) is 4.79 Å². The summed E-state index contributed by atoms with van der Waals surface area (Å²) in [5.74, 6) is -1.65. The second kappa shape index (κ2) is 7.09. The lowest BCUT2D eigenvalue weighted by molar-refractivity contribution is 0.0734. The SMILES string of the molecule is [2H]C([2H])([2H])N1C(=O)c2cccc(F)c2[C@H]2C[C@@H]1c1nc3cc(F)c(-c4ccc(P(C)(C)=O)cc4)cc3n12. The highest BCUT2D eigenvalue weighted by atomic mass is 31.2. The van der Waals surface area contributed by atoms with Crippen LogP contribution in [0.1, 0.15) is 44.4 Å². The maximum atomic E-state index is 15.3. The number of benzene rings is 3. The second-order valence-electron chi connectivity index (χ2n) is 9.20. The number of carbonyl (C=O) groups is 1. The number of rotatable bonds is 2. The minimum Gasteiger partial charge on any atom is -0.331 e. The predicted octanol–water partition coefficient (Wildman–Crippen LogP) is 5.35. The van der Waals surface area contributed by atoms with Gasteiger partial charge in [-0.2, -0.15) is 0 Å². The Hall–Kier alpha value is -3.31. The molecule has 34 heavy (non-hydrogen) atoms. The number of imidazole rings is 1. The van der Waals surface area contributed by atoms with E-state index >= 15 is 8.78 Å². The first-order valence-corrected chi connectivity index (χ1v) is 13.5. The molecule has 6 rings (SSSR count). The summed E-state index contributed by atoms with van der Waals surface area (Å²) < 4.78 is 68.8. The summed E-state index contributed by atoms with van der Waals surface area (Å²) in [6.07, 6.45) is 0.139. The molecule has 0 saturated heterocycles. The smallest absolute Gasteiger partial charge is 0.254 e. The average molecular weight is 480 g/mol. The summed E-state index contributed by atoms with van der Waals surface area (Å²) in [5, 5.41) is 0.675. The number of aromatic nitrogens is 2. The van der Waals surface area contributed by atoms with Crippen molar-refractivity contribution < 1.29 is 22.3 Å². The lowest BCUT2D eigenvalue weighted by Crippen LogP contribution is -2.30. The van der Waals surface area contributed by atoms with Crippen LogP contribution in [-0.2, 0) is 4.57 Å². The largest absolute Gasteiger partial charge is 0.331 e. The number of nitrogens with zero attached hydrogens (tertiary/aromatic N) is 3. The van der Waals surface area contributed by atoms with Gasteiger partial charge in [-0.15, -0.1) is 0 Å². The molecular weight excluding hydrogens is 455 g/mol. The molecule has 5 nitrogen and oxygen atoms in total. The normalized spacial score (nSPS) is 21.0. The van der Waals surface area contributed by atoms with Gasteiger partial charge < -0.3 is 14.0 Å². The zero-order valence-electron chi connectivity index (χ0n) is 21.4. The lowest BCUT2D eigenvalue weighted by atomic mass is 9.98. The third-order valence-electron chi connectivity index (χ3n) is 6.81. The van der Waals surface area contributed by atoms with E-state index in [1.807, 2.05) is 0 Å². The van der Waals surface area contributed by atoms with Gasteiger partial charge in [0.15, 0.2) is 0 Å². The highest BCUT2D eigenvalue weighted by Crippen LogP contribution is 2.48. The molecule has 3 aromatic carbocycles. The van der Waals surface area contributed by atoms with E-state index < -0.39 is 43.7 Å². The Balaban J connectivity index is 1.59. The van der Waals surface area contributed by atoms with Crippen molar-refractivity contribution in [3.63, 3.8) is 0 Å². The first-order chi connectivity index (χ1) is 17.4. The van der Waals surface area contributed by atoms with Crippen LogP contribution in [0.15, 0.2) is 54.6 Å². The fraction of sp³-hybridized carbons (Fsp3) is 0.231. The van der Waals surface area contributed by atoms with Crippen LogP contribution >= 0.6 is 7.14 Å². The van der Waals surface area contributed by atoms with E-state index in [0.717, 1.165) is 4.90 Å². The molecule has 0 N–H and O–H groups in total. The summed E-state index contributed by atoms with van der Waals surface area (Å²) in [6, 6.07) is 12.2. The van der Waals surface area contributed by atoms with Crippen molar-refractivity contribution >= 4 is 29.4 Å². The summed E-state index contributed by atoms with van der Waals surface area (Å²) >= 11 is 0. The fourth-order valence-corrected chi connectivity index (χ4v) is 6.01. The Morgan fingerprint density at radius 3 is 2.50 bits per heavy atom. The minimum atomic E-state index is -2.79. The van der Waals surface area contributed by atoms with Gasteiger partial charge in [-0.25, -0.2) is 13.8 Å². The lowest BCUT2D eigenvalue weighted by Gasteiger charge is -2.23. The van der Waals surface area contributed by atoms with E-state index in [1.165, 1.54) is 24.3 Å². The molecule has 4 aromatic rings. The Bertz CT molecular complexity index is 1660. The molecule has 0 saturated carbocycles. The van der Waals surface area contributed by atoms with Gasteiger partial charge in [0.2, 0.25) is 0 Å². The molecule has 172 valence electrons. The van der Waals surface area contributed by atoms with Crippen LogP contribution in [-0.4, -0.2) is 40.7 Å². The van der Waals surface area contributed by atoms with Crippen molar-refractivity contribution in [2.75, 3.05) is 20.3 Å². The topological polar surface area (TPSA) is 55.2 Å². The van der Waals surface area contributed by atoms with Crippen molar-refractivity contribution in [2.24, 2.45) is 0 Å². The zero-order valence-corrected chi connectivity index (χ0v) is 19.3. The number of amides is 1. The van der Waals surface area contributed by atoms with Gasteiger partial charge in [-0.1, -0.05) is 30.3 Å². The molecule has 0 unspecified atom stereocenters. The number of hydrogen-bond acceptors (Lipinski definition) is 3. The maximum absolute atomic E-state index is 15.3. The number of hydrogen-bond donors (Lipinski definition) is 0. The molecule has 0 radical (unpaired) electrons. The number of fused-ring (bicyclic) bond motifs is 9. The molecule has 2 atom stereocenters. The molecule has 8 heteroatoms. The molecule has 0 fully saturated rings. The maximum Gasteiger partial charge on any atom is 0.254 e. The van der Waals surface area contributed by atoms with Crippen molar-refractivity contribution in [1.82, 2.24) is 14.5 Å². The molecule has 2 aliphatic heterocycles. The van der Waals surface area contributed by atoms with E-state index in [2.05, 4.69) is 4.98 Å². The molecule has 2 aliphatic rings. The van der Waals surface area contributed by atoms with E-state index in [4.69, 9.17) is 4.11 Å². The summed E-state index contributed by atoms with van der Waals surface area (Å²) in [6.45, 7) is 0.536. The van der Waals surface area contributed by atoms with Crippen LogP contribution in [0, 0.1) is 11.6 Å². The van der Waals surface area contributed by atoms with Crippen LogP contribution in [0.5, 0.6) is 0 Å². The van der Waals surface area contributed by atoms with Crippen LogP contribution in [0.2, 0.25) is 0 Å². The molecule has 1 aromatic heterocycles. The number of halogens is 2. The van der Waals surface area contributed by atoms with Crippen LogP contribution in [0.3, 0.4) is 0 Å². The van der Waals surface area contributed by atoms with Crippen LogP contribution in [0.4, 0.5) is 8.78 Å². The molecule has 0 spiro atoms. The standard InChI is InChI=1S/C26H22F2N3O2P/c1-30-23-13-22(24-16(26(30)32)5-4-6-18(24)27)31-21-11-17(19(28)12-20(21)29-25(23)31)14-7-9-15(10-8-14)34(2,3)33/h4-12,22-23H,13H2,1-3H3/t22-,23-/m1/s1/i1D3. The first kappa shape index (κ1) is 18.1. The van der Waals surface area contributed by atoms with Crippen molar-refractivity contribution in [1.29, 1.82) is 0 Å². The number of carbonyl (C=O) groups excluding carboxylic acids is 1. The summed E-state index contributed by atoms with van der Waals surface area (Å²) in [7, 11) is -2.48. The zero-order chi connectivity index (χ0) is 26.4. The van der Waals surface area contributed by atoms with E-state index in [-0.39, 0.29) is 34.5 Å². The Morgan fingerprint density at radius 1 is 1.03 bits per heavy atom. The van der Waals surface area contributed by atoms with Gasteiger partial charge in [0, 0.05) is 45.6 Å². The summed E-state index contributed by atoms with van der Waals surface area (Å²) in [4.78, 5) is 18.7. The molecular formula is C26H22F2N3O2P. The summed E-state index contributed by atoms with van der Waals surface area (Å²) in [5.41, 5.74) is 1.74. The van der Waals surface area contributed by atoms with E-state index in [1.54, 1.807) is 48.2 Å². The fourth-order valence-electron chi connectivity index (χ4n) is 5.14. The Morgan fingerprint density at radius 2 is 1.79 bits per heavy atom. The van der Waals surface area contributed by atoms with Crippen LogP contribution in [0.25, 0.3) is 22.2 Å². The first-order valence-electron chi connectivity index (χ1n) is 12.4. The molecule has 3 heterocycles. The van der Waals surface area contributed by atoms with E-state index in [0.29, 0.717) is 16.4 Å². The van der Waals surface area contributed by atoms with Gasteiger partial charge in [0.05, 0.1) is 23.1 Å². The van der Waals surface area contributed by atoms with E-state index in [9.17, 15) is 9.36 Å². The highest BCUT2D eigenvalue weighted by molar-refractivity contribution is 7.70. The minimum absolute atomic E-state index is 0.00221. The van der Waals surface area contributed by atoms with Crippen molar-refractivity contribution in [3.05, 3.63) is 83.2 Å². The third-order valence-corrected chi connectivity index (χ3v) is 8.35. The monoisotopic (exact) mass is 480 g/mol. The Labute approximate surface area is 199 Å². The van der Waals surface area contributed by atoms with Gasteiger partial charge in [-0.05, 0) is 37.1 Å². The second-order valence-corrected chi connectivity index (χ2v) is 12.4. The molecule has 2 bridgehead atoms. The third kappa shape index (κ3) is 2.93. The molecule has 1 amide bonds. The quantitative estimate of drug-likeness (QED) is 0.364.